The van der Waals surface area contributed by atoms with Gasteiger partial charge in [0.2, 0.25) is 0 Å². The van der Waals surface area contributed by atoms with E-state index >= 15 is 0 Å². The molecule has 0 saturated heterocycles. The van der Waals surface area contributed by atoms with E-state index in [1.54, 1.807) is 43.3 Å². The molecule has 0 fully saturated rings. The highest BCUT2D eigenvalue weighted by atomic mass is 16.3. The van der Waals surface area contributed by atoms with Gasteiger partial charge in [0.15, 0.2) is 5.78 Å². The summed E-state index contributed by atoms with van der Waals surface area (Å²) < 4.78 is 0. The number of benzene rings is 2. The van der Waals surface area contributed by atoms with Gasteiger partial charge >= 0.3 is 0 Å². The molecule has 0 spiro atoms. The van der Waals surface area contributed by atoms with E-state index < -0.39 is 5.91 Å². The number of hydrogen-bond acceptors (Lipinski definition) is 5. The molecule has 0 saturated carbocycles. The van der Waals surface area contributed by atoms with Crippen molar-refractivity contribution in [2.75, 3.05) is 10.6 Å². The number of anilines is 2. The van der Waals surface area contributed by atoms with E-state index in [0.29, 0.717) is 16.9 Å². The van der Waals surface area contributed by atoms with E-state index in [2.05, 4.69) is 10.6 Å². The fraction of sp³-hybridized carbons (Fsp3) is 0.105. The van der Waals surface area contributed by atoms with Crippen molar-refractivity contribution >= 4 is 23.1 Å². The lowest BCUT2D eigenvalue weighted by Crippen LogP contribution is -2.14. The lowest BCUT2D eigenvalue weighted by Gasteiger charge is -2.08. The van der Waals surface area contributed by atoms with Crippen molar-refractivity contribution in [1.29, 1.82) is 5.26 Å². The molecule has 126 valence electrons. The number of amides is 1. The molecule has 1 amide bonds. The number of phenolic OH excluding ortho intramolecular Hbond substituents is 1. The molecule has 2 rings (SSSR count). The first-order valence-corrected chi connectivity index (χ1v) is 7.49. The topological polar surface area (TPSA) is 102 Å². The number of Topliss-reactive ketones (excluding diaryl/α,β-unsaturated/α-hetero) is 1. The minimum absolute atomic E-state index is 0.0658. The Morgan fingerprint density at radius 3 is 2.40 bits per heavy atom. The maximum atomic E-state index is 12.2. The van der Waals surface area contributed by atoms with Gasteiger partial charge in [-0.15, -0.1) is 0 Å². The van der Waals surface area contributed by atoms with E-state index in [1.807, 2.05) is 6.07 Å². The Hall–Kier alpha value is -3.59. The molecule has 0 radical (unpaired) electrons. The van der Waals surface area contributed by atoms with Gasteiger partial charge in [0.25, 0.3) is 5.91 Å². The first kappa shape index (κ1) is 17.8. The second-order valence-corrected chi connectivity index (χ2v) is 5.40. The Labute approximate surface area is 145 Å². The zero-order chi connectivity index (χ0) is 18.4. The minimum Gasteiger partial charge on any atom is -0.508 e. The molecule has 0 heterocycles. The fourth-order valence-electron chi connectivity index (χ4n) is 2.10. The summed E-state index contributed by atoms with van der Waals surface area (Å²) in [6.07, 6.45) is 1.30. The molecule has 0 aliphatic carbocycles. The quantitative estimate of drug-likeness (QED) is 0.336. The van der Waals surface area contributed by atoms with E-state index in [9.17, 15) is 20.0 Å². The van der Waals surface area contributed by atoms with Gasteiger partial charge in [-0.2, -0.15) is 5.26 Å². The van der Waals surface area contributed by atoms with Crippen LogP contribution in [-0.4, -0.2) is 16.8 Å². The highest BCUT2D eigenvalue weighted by molar-refractivity contribution is 6.07. The van der Waals surface area contributed by atoms with Crippen molar-refractivity contribution in [1.82, 2.24) is 0 Å². The number of aromatic hydroxyl groups is 1. The number of aryl methyl sites for hydroxylation is 1. The predicted molar refractivity (Wildman–Crippen MR) is 95.2 cm³/mol. The van der Waals surface area contributed by atoms with Gasteiger partial charge in [-0.05, 0) is 61.9 Å². The largest absolute Gasteiger partial charge is 0.508 e. The molecule has 25 heavy (non-hydrogen) atoms. The van der Waals surface area contributed by atoms with Gasteiger partial charge in [0, 0.05) is 23.1 Å². The van der Waals surface area contributed by atoms with Crippen LogP contribution in [0.2, 0.25) is 0 Å². The summed E-state index contributed by atoms with van der Waals surface area (Å²) in [6.45, 7) is 3.25. The van der Waals surface area contributed by atoms with Crippen molar-refractivity contribution in [3.8, 4) is 11.8 Å². The summed E-state index contributed by atoms with van der Waals surface area (Å²) >= 11 is 0. The van der Waals surface area contributed by atoms with Gasteiger partial charge in [-0.1, -0.05) is 0 Å². The standard InChI is InChI=1S/C19H17N3O3/c1-12-9-17(24)7-8-18(12)21-11-15(10-20)19(25)22-16-5-3-14(4-6-16)13(2)23/h3-9,11,21,24H,1-2H3,(H,22,25)/b15-11-. The Balaban J connectivity index is 2.09. The number of ketones is 1. The predicted octanol–water partition coefficient (Wildman–Crippen LogP) is 3.36. The smallest absolute Gasteiger partial charge is 0.267 e. The van der Waals surface area contributed by atoms with E-state index in [4.69, 9.17) is 0 Å². The highest BCUT2D eigenvalue weighted by Gasteiger charge is 2.10. The van der Waals surface area contributed by atoms with Gasteiger partial charge < -0.3 is 15.7 Å². The van der Waals surface area contributed by atoms with Gasteiger partial charge in [-0.25, -0.2) is 0 Å². The number of carbonyl (C=O) groups excluding carboxylic acids is 2. The second kappa shape index (κ2) is 7.79. The first-order chi connectivity index (χ1) is 11.9. The monoisotopic (exact) mass is 335 g/mol. The van der Waals surface area contributed by atoms with E-state index in [1.165, 1.54) is 19.2 Å². The number of nitrogens with zero attached hydrogens (tertiary/aromatic N) is 1. The molecular weight excluding hydrogens is 318 g/mol. The van der Waals surface area contributed by atoms with Crippen LogP contribution >= 0.6 is 0 Å². The maximum Gasteiger partial charge on any atom is 0.267 e. The van der Waals surface area contributed by atoms with Crippen LogP contribution in [0.25, 0.3) is 0 Å². The number of rotatable bonds is 5. The zero-order valence-corrected chi connectivity index (χ0v) is 13.8. The number of carbonyl (C=O) groups is 2. The SMILES string of the molecule is CC(=O)c1ccc(NC(=O)/C(C#N)=C\Nc2ccc(O)cc2C)cc1. The van der Waals surface area contributed by atoms with Crippen LogP contribution in [0.1, 0.15) is 22.8 Å². The molecule has 0 aromatic heterocycles. The summed E-state index contributed by atoms with van der Waals surface area (Å²) in [5.41, 5.74) is 2.36. The Kier molecular flexibility index (Phi) is 5.54. The summed E-state index contributed by atoms with van der Waals surface area (Å²) in [4.78, 5) is 23.4. The van der Waals surface area contributed by atoms with Gasteiger partial charge in [0.05, 0.1) is 0 Å². The van der Waals surface area contributed by atoms with Crippen molar-refractivity contribution < 1.29 is 14.7 Å². The number of hydrogen-bond donors (Lipinski definition) is 3. The van der Waals surface area contributed by atoms with Crippen LogP contribution in [0.5, 0.6) is 5.75 Å². The third kappa shape index (κ3) is 4.69. The van der Waals surface area contributed by atoms with Crippen LogP contribution in [0.15, 0.2) is 54.2 Å². The molecule has 0 aliphatic rings. The lowest BCUT2D eigenvalue weighted by molar-refractivity contribution is -0.112. The van der Waals surface area contributed by atoms with Crippen LogP contribution < -0.4 is 10.6 Å². The number of nitrogens with one attached hydrogen (secondary N) is 2. The lowest BCUT2D eigenvalue weighted by atomic mass is 10.1. The Bertz CT molecular complexity index is 878. The van der Waals surface area contributed by atoms with Gasteiger partial charge in [0.1, 0.15) is 17.4 Å². The molecule has 2 aromatic carbocycles. The molecule has 0 atom stereocenters. The summed E-state index contributed by atoms with van der Waals surface area (Å²) in [7, 11) is 0. The average molecular weight is 335 g/mol. The Morgan fingerprint density at radius 2 is 1.84 bits per heavy atom. The summed E-state index contributed by atoms with van der Waals surface area (Å²) in [5.74, 6) is -0.495. The third-order valence-corrected chi connectivity index (χ3v) is 3.50. The molecule has 6 nitrogen and oxygen atoms in total. The van der Waals surface area contributed by atoms with Crippen LogP contribution in [-0.2, 0) is 4.79 Å². The van der Waals surface area contributed by atoms with Crippen molar-refractivity contribution in [3.05, 3.63) is 65.4 Å². The van der Waals surface area contributed by atoms with Gasteiger partial charge in [-0.3, -0.25) is 9.59 Å². The number of nitriles is 1. The molecule has 3 N–H and O–H groups in total. The summed E-state index contributed by atoms with van der Waals surface area (Å²) in [6, 6.07) is 13.0. The average Bonchev–Trinajstić information content (AvgIpc) is 2.57. The molecule has 0 bridgehead atoms. The highest BCUT2D eigenvalue weighted by Crippen LogP contribution is 2.20. The molecule has 0 unspecified atom stereocenters. The molecule has 2 aromatic rings. The van der Waals surface area contributed by atoms with Crippen molar-refractivity contribution in [2.24, 2.45) is 0 Å². The fourth-order valence-corrected chi connectivity index (χ4v) is 2.10. The van der Waals surface area contributed by atoms with Crippen molar-refractivity contribution in [3.63, 3.8) is 0 Å². The normalized spacial score (nSPS) is 10.7. The van der Waals surface area contributed by atoms with Crippen molar-refractivity contribution in [2.45, 2.75) is 13.8 Å². The maximum absolute atomic E-state index is 12.2. The number of phenols is 1. The molecule has 6 heteroatoms. The molecule has 0 aliphatic heterocycles. The van der Waals surface area contributed by atoms with Crippen LogP contribution in [0.3, 0.4) is 0 Å². The van der Waals surface area contributed by atoms with Crippen LogP contribution in [0.4, 0.5) is 11.4 Å². The minimum atomic E-state index is -0.568. The van der Waals surface area contributed by atoms with E-state index in [0.717, 1.165) is 5.56 Å². The third-order valence-electron chi connectivity index (χ3n) is 3.50. The van der Waals surface area contributed by atoms with E-state index in [-0.39, 0.29) is 17.1 Å². The van der Waals surface area contributed by atoms with Crippen LogP contribution in [0, 0.1) is 18.3 Å². The Morgan fingerprint density at radius 1 is 1.16 bits per heavy atom. The first-order valence-electron chi connectivity index (χ1n) is 7.49. The second-order valence-electron chi connectivity index (χ2n) is 5.40. The summed E-state index contributed by atoms with van der Waals surface area (Å²) in [5, 5.41) is 24.0. The zero-order valence-electron chi connectivity index (χ0n) is 13.8. The molecular formula is C19H17N3O3.